The van der Waals surface area contributed by atoms with Crippen molar-refractivity contribution in [1.29, 1.82) is 0 Å². The molecule has 3 N–H and O–H groups in total. The molecule has 1 fully saturated rings. The Kier molecular flexibility index (Phi) is 4.78. The van der Waals surface area contributed by atoms with E-state index in [-0.39, 0.29) is 11.9 Å². The Morgan fingerprint density at radius 3 is 2.80 bits per heavy atom. The smallest absolute Gasteiger partial charge is 0.238 e. The molecular weight excluding hydrogens is 250 g/mol. The predicted octanol–water partition coefficient (Wildman–Crippen LogP) is 1.91. The number of carbonyl (C=O) groups is 1. The van der Waals surface area contributed by atoms with Gasteiger partial charge in [0.05, 0.1) is 6.54 Å². The van der Waals surface area contributed by atoms with E-state index in [2.05, 4.69) is 31.0 Å². The molecule has 2 unspecified atom stereocenters. The highest BCUT2D eigenvalue weighted by Gasteiger charge is 2.24. The second-order valence-electron chi connectivity index (χ2n) is 6.01. The van der Waals surface area contributed by atoms with Crippen molar-refractivity contribution in [2.24, 2.45) is 11.7 Å². The average molecular weight is 275 g/mol. The van der Waals surface area contributed by atoms with Crippen LogP contribution in [0.4, 0.5) is 5.69 Å². The first kappa shape index (κ1) is 15.0. The minimum absolute atomic E-state index is 0.0518. The summed E-state index contributed by atoms with van der Waals surface area (Å²) in [6.45, 7) is 8.54. The number of nitrogens with one attached hydrogen (secondary N) is 1. The highest BCUT2D eigenvalue weighted by molar-refractivity contribution is 5.92. The van der Waals surface area contributed by atoms with Crippen LogP contribution in [0, 0.1) is 19.8 Å². The molecule has 0 aromatic heterocycles. The summed E-state index contributed by atoms with van der Waals surface area (Å²) in [5.41, 5.74) is 9.31. The molecule has 1 aromatic carbocycles. The van der Waals surface area contributed by atoms with Gasteiger partial charge in [-0.25, -0.2) is 0 Å². The zero-order valence-corrected chi connectivity index (χ0v) is 12.6. The molecule has 1 aliphatic rings. The Balaban J connectivity index is 1.87. The lowest BCUT2D eigenvalue weighted by Gasteiger charge is -2.34. The van der Waals surface area contributed by atoms with Crippen LogP contribution in [-0.4, -0.2) is 36.5 Å². The van der Waals surface area contributed by atoms with E-state index in [1.165, 1.54) is 11.1 Å². The SMILES string of the molecule is Cc1ccc(NC(=O)CN2CCC(N)C(C)C2)cc1C. The van der Waals surface area contributed by atoms with Gasteiger partial charge in [0.15, 0.2) is 0 Å². The second kappa shape index (κ2) is 6.37. The van der Waals surface area contributed by atoms with Crippen LogP contribution in [-0.2, 0) is 4.79 Å². The van der Waals surface area contributed by atoms with E-state index in [0.29, 0.717) is 12.5 Å². The van der Waals surface area contributed by atoms with E-state index in [9.17, 15) is 4.79 Å². The van der Waals surface area contributed by atoms with Crippen LogP contribution in [0.15, 0.2) is 18.2 Å². The molecule has 0 aliphatic carbocycles. The summed E-state index contributed by atoms with van der Waals surface area (Å²) >= 11 is 0. The van der Waals surface area contributed by atoms with Gasteiger partial charge < -0.3 is 11.1 Å². The van der Waals surface area contributed by atoms with Gasteiger partial charge in [0, 0.05) is 24.8 Å². The summed E-state index contributed by atoms with van der Waals surface area (Å²) < 4.78 is 0. The van der Waals surface area contributed by atoms with Gasteiger partial charge in [0.1, 0.15) is 0 Å². The van der Waals surface area contributed by atoms with Crippen LogP contribution in [0.5, 0.6) is 0 Å². The Bertz CT molecular complexity index is 487. The number of rotatable bonds is 3. The Labute approximate surface area is 121 Å². The van der Waals surface area contributed by atoms with Crippen molar-refractivity contribution < 1.29 is 4.79 Å². The molecule has 1 amide bonds. The van der Waals surface area contributed by atoms with Gasteiger partial charge in [0.2, 0.25) is 5.91 Å². The number of benzene rings is 1. The molecule has 0 saturated carbocycles. The number of aryl methyl sites for hydroxylation is 2. The van der Waals surface area contributed by atoms with Crippen molar-refractivity contribution >= 4 is 11.6 Å². The minimum Gasteiger partial charge on any atom is -0.327 e. The topological polar surface area (TPSA) is 58.4 Å². The number of anilines is 1. The highest BCUT2D eigenvalue weighted by atomic mass is 16.2. The number of amides is 1. The zero-order valence-electron chi connectivity index (χ0n) is 12.6. The maximum absolute atomic E-state index is 12.1. The standard InChI is InChI=1S/C16H25N3O/c1-11-4-5-14(8-12(11)2)18-16(20)10-19-7-6-15(17)13(3)9-19/h4-5,8,13,15H,6-7,9-10,17H2,1-3H3,(H,18,20). The van der Waals surface area contributed by atoms with Gasteiger partial charge in [-0.15, -0.1) is 0 Å². The van der Waals surface area contributed by atoms with Gasteiger partial charge in [-0.1, -0.05) is 13.0 Å². The number of likely N-dealkylation sites (tertiary alicyclic amines) is 1. The summed E-state index contributed by atoms with van der Waals surface area (Å²) in [7, 11) is 0. The zero-order chi connectivity index (χ0) is 14.7. The molecule has 4 heteroatoms. The first-order chi connectivity index (χ1) is 9.45. The minimum atomic E-state index is 0.0518. The molecular formula is C16H25N3O. The Morgan fingerprint density at radius 2 is 2.15 bits per heavy atom. The van der Waals surface area contributed by atoms with Crippen LogP contribution >= 0.6 is 0 Å². The predicted molar refractivity (Wildman–Crippen MR) is 82.7 cm³/mol. The molecule has 0 radical (unpaired) electrons. The third kappa shape index (κ3) is 3.81. The molecule has 1 heterocycles. The normalized spacial score (nSPS) is 23.6. The quantitative estimate of drug-likeness (QED) is 0.886. The molecule has 20 heavy (non-hydrogen) atoms. The number of nitrogens with zero attached hydrogens (tertiary/aromatic N) is 1. The molecule has 1 saturated heterocycles. The van der Waals surface area contributed by atoms with Gasteiger partial charge in [0.25, 0.3) is 0 Å². The summed E-state index contributed by atoms with van der Waals surface area (Å²) in [5, 5.41) is 2.97. The lowest BCUT2D eigenvalue weighted by atomic mass is 9.95. The molecule has 0 spiro atoms. The van der Waals surface area contributed by atoms with E-state index in [1.807, 2.05) is 18.2 Å². The third-order valence-corrected chi connectivity index (χ3v) is 4.21. The Morgan fingerprint density at radius 1 is 1.40 bits per heavy atom. The molecule has 4 nitrogen and oxygen atoms in total. The van der Waals surface area contributed by atoms with Crippen molar-refractivity contribution in [2.75, 3.05) is 25.0 Å². The number of hydrogen-bond acceptors (Lipinski definition) is 3. The van der Waals surface area contributed by atoms with Gasteiger partial charge >= 0.3 is 0 Å². The lowest BCUT2D eigenvalue weighted by Crippen LogP contribution is -2.48. The second-order valence-corrected chi connectivity index (χ2v) is 6.01. The van der Waals surface area contributed by atoms with Crippen LogP contribution in [0.2, 0.25) is 0 Å². The van der Waals surface area contributed by atoms with Crippen LogP contribution in [0.25, 0.3) is 0 Å². The summed E-state index contributed by atoms with van der Waals surface area (Å²) in [6, 6.07) is 6.28. The van der Waals surface area contributed by atoms with E-state index in [0.717, 1.165) is 25.2 Å². The molecule has 0 bridgehead atoms. The van der Waals surface area contributed by atoms with Crippen LogP contribution < -0.4 is 11.1 Å². The fourth-order valence-electron chi connectivity index (χ4n) is 2.62. The molecule has 2 atom stereocenters. The first-order valence-electron chi connectivity index (χ1n) is 7.30. The van der Waals surface area contributed by atoms with Crippen molar-refractivity contribution in [3.05, 3.63) is 29.3 Å². The molecule has 1 aliphatic heterocycles. The van der Waals surface area contributed by atoms with Crippen LogP contribution in [0.3, 0.4) is 0 Å². The van der Waals surface area contributed by atoms with Gasteiger partial charge in [-0.3, -0.25) is 9.69 Å². The third-order valence-electron chi connectivity index (χ3n) is 4.21. The van der Waals surface area contributed by atoms with E-state index >= 15 is 0 Å². The van der Waals surface area contributed by atoms with Crippen molar-refractivity contribution in [2.45, 2.75) is 33.2 Å². The number of hydrogen-bond donors (Lipinski definition) is 2. The fourth-order valence-corrected chi connectivity index (χ4v) is 2.62. The molecule has 2 rings (SSSR count). The maximum atomic E-state index is 12.1. The van der Waals surface area contributed by atoms with Crippen molar-refractivity contribution in [3.8, 4) is 0 Å². The van der Waals surface area contributed by atoms with Crippen LogP contribution in [0.1, 0.15) is 24.5 Å². The summed E-state index contributed by atoms with van der Waals surface area (Å²) in [5.74, 6) is 0.508. The fraction of sp³-hybridized carbons (Fsp3) is 0.562. The highest BCUT2D eigenvalue weighted by Crippen LogP contribution is 2.16. The lowest BCUT2D eigenvalue weighted by molar-refractivity contribution is -0.117. The molecule has 1 aromatic rings. The van der Waals surface area contributed by atoms with Gasteiger partial charge in [-0.05, 0) is 49.4 Å². The summed E-state index contributed by atoms with van der Waals surface area (Å²) in [6.07, 6.45) is 0.970. The maximum Gasteiger partial charge on any atom is 0.238 e. The number of nitrogens with two attached hydrogens (primary N) is 1. The summed E-state index contributed by atoms with van der Waals surface area (Å²) in [4.78, 5) is 14.3. The van der Waals surface area contributed by atoms with E-state index in [1.54, 1.807) is 0 Å². The average Bonchev–Trinajstić information content (AvgIpc) is 2.38. The Hall–Kier alpha value is -1.39. The van der Waals surface area contributed by atoms with Crippen molar-refractivity contribution in [3.63, 3.8) is 0 Å². The van der Waals surface area contributed by atoms with Gasteiger partial charge in [-0.2, -0.15) is 0 Å². The number of carbonyl (C=O) groups excluding carboxylic acids is 1. The monoisotopic (exact) mass is 275 g/mol. The van der Waals surface area contributed by atoms with E-state index < -0.39 is 0 Å². The largest absolute Gasteiger partial charge is 0.327 e. The van der Waals surface area contributed by atoms with E-state index in [4.69, 9.17) is 5.73 Å². The first-order valence-corrected chi connectivity index (χ1v) is 7.30. The molecule has 110 valence electrons. The van der Waals surface area contributed by atoms with Crippen molar-refractivity contribution in [1.82, 2.24) is 4.90 Å². The number of piperidine rings is 1.